The summed E-state index contributed by atoms with van der Waals surface area (Å²) < 4.78 is 75.8. The fourth-order valence-corrected chi connectivity index (χ4v) is 1.68. The second kappa shape index (κ2) is 4.49. The molecular weight excluding hydrogens is 264 g/mol. The SMILES string of the molecule is CS(=O)(=O)Nc1c(F)c(F)c(CN)c(F)c1F. The van der Waals surface area contributed by atoms with E-state index in [9.17, 15) is 26.0 Å². The van der Waals surface area contributed by atoms with Gasteiger partial charge in [0.15, 0.2) is 23.3 Å². The number of rotatable bonds is 3. The fourth-order valence-electron chi connectivity index (χ4n) is 1.13. The molecular formula is C8H8F4N2O2S. The Morgan fingerprint density at radius 3 is 1.76 bits per heavy atom. The Morgan fingerprint density at radius 2 is 1.47 bits per heavy atom. The van der Waals surface area contributed by atoms with E-state index in [1.54, 1.807) is 0 Å². The Bertz CT molecular complexity index is 530. The van der Waals surface area contributed by atoms with Gasteiger partial charge < -0.3 is 5.73 Å². The summed E-state index contributed by atoms with van der Waals surface area (Å²) in [7, 11) is -4.07. The highest BCUT2D eigenvalue weighted by molar-refractivity contribution is 7.92. The first-order valence-electron chi connectivity index (χ1n) is 4.21. The standard InChI is InChI=1S/C8H8F4N2O2S/c1-17(15,16)14-8-6(11)4(9)3(2-13)5(10)7(8)12/h14H,2,13H2,1H3. The van der Waals surface area contributed by atoms with Crippen molar-refractivity contribution in [2.75, 3.05) is 11.0 Å². The quantitative estimate of drug-likeness (QED) is 0.638. The molecule has 9 heteroatoms. The number of halogens is 4. The highest BCUT2D eigenvalue weighted by Crippen LogP contribution is 2.28. The van der Waals surface area contributed by atoms with Crippen molar-refractivity contribution in [2.24, 2.45) is 5.73 Å². The molecule has 3 N–H and O–H groups in total. The van der Waals surface area contributed by atoms with E-state index in [0.717, 1.165) is 0 Å². The zero-order chi connectivity index (χ0) is 13.4. The van der Waals surface area contributed by atoms with Gasteiger partial charge in [-0.3, -0.25) is 4.72 Å². The first-order valence-corrected chi connectivity index (χ1v) is 6.10. The molecule has 0 bridgehead atoms. The van der Waals surface area contributed by atoms with Crippen molar-refractivity contribution >= 4 is 15.7 Å². The van der Waals surface area contributed by atoms with Gasteiger partial charge in [0.05, 0.1) is 6.26 Å². The van der Waals surface area contributed by atoms with Crippen molar-refractivity contribution in [1.29, 1.82) is 0 Å². The Morgan fingerprint density at radius 1 is 1.06 bits per heavy atom. The van der Waals surface area contributed by atoms with Crippen molar-refractivity contribution in [2.45, 2.75) is 6.54 Å². The van der Waals surface area contributed by atoms with E-state index in [4.69, 9.17) is 5.73 Å². The number of sulfonamides is 1. The zero-order valence-electron chi connectivity index (χ0n) is 8.52. The van der Waals surface area contributed by atoms with Crippen LogP contribution in [0.2, 0.25) is 0 Å². The summed E-state index contributed by atoms with van der Waals surface area (Å²) in [5.74, 6) is -7.13. The lowest BCUT2D eigenvalue weighted by molar-refractivity contribution is 0.445. The third-order valence-electron chi connectivity index (χ3n) is 1.85. The predicted octanol–water partition coefficient (Wildman–Crippen LogP) is 1.07. The van der Waals surface area contributed by atoms with Crippen LogP contribution < -0.4 is 10.5 Å². The molecule has 0 aliphatic heterocycles. The Labute approximate surface area is 94.5 Å². The van der Waals surface area contributed by atoms with Crippen LogP contribution in [-0.2, 0) is 16.6 Å². The number of hydrogen-bond donors (Lipinski definition) is 2. The van der Waals surface area contributed by atoms with Crippen molar-refractivity contribution in [1.82, 2.24) is 0 Å². The van der Waals surface area contributed by atoms with Crippen LogP contribution in [0, 0.1) is 23.3 Å². The summed E-state index contributed by atoms with van der Waals surface area (Å²) in [6.07, 6.45) is 0.582. The summed E-state index contributed by atoms with van der Waals surface area (Å²) in [5, 5.41) is 0. The third-order valence-corrected chi connectivity index (χ3v) is 2.42. The van der Waals surface area contributed by atoms with Crippen LogP contribution in [0.4, 0.5) is 23.2 Å². The Hall–Kier alpha value is -1.35. The van der Waals surface area contributed by atoms with E-state index in [-0.39, 0.29) is 0 Å². The largest absolute Gasteiger partial charge is 0.326 e. The maximum atomic E-state index is 13.3. The average molecular weight is 272 g/mol. The summed E-state index contributed by atoms with van der Waals surface area (Å²) in [5.41, 5.74) is 2.52. The number of nitrogens with one attached hydrogen (secondary N) is 1. The second-order valence-electron chi connectivity index (χ2n) is 3.19. The van der Waals surface area contributed by atoms with Gasteiger partial charge in [0.1, 0.15) is 5.69 Å². The molecule has 1 rings (SSSR count). The molecule has 1 aromatic rings. The number of nitrogens with two attached hydrogens (primary N) is 1. The van der Waals surface area contributed by atoms with Gasteiger partial charge in [-0.2, -0.15) is 0 Å². The molecule has 0 aliphatic rings. The molecule has 0 saturated heterocycles. The zero-order valence-corrected chi connectivity index (χ0v) is 9.34. The summed E-state index contributed by atoms with van der Waals surface area (Å²) in [4.78, 5) is 0. The molecule has 96 valence electrons. The number of anilines is 1. The lowest BCUT2D eigenvalue weighted by Crippen LogP contribution is -2.17. The summed E-state index contributed by atoms with van der Waals surface area (Å²) >= 11 is 0. The second-order valence-corrected chi connectivity index (χ2v) is 4.94. The van der Waals surface area contributed by atoms with Gasteiger partial charge in [-0.1, -0.05) is 0 Å². The first kappa shape index (κ1) is 13.7. The molecule has 17 heavy (non-hydrogen) atoms. The van der Waals surface area contributed by atoms with E-state index in [0.29, 0.717) is 6.26 Å². The summed E-state index contributed by atoms with van der Waals surface area (Å²) in [6, 6.07) is 0. The van der Waals surface area contributed by atoms with Crippen molar-refractivity contribution in [3.8, 4) is 0 Å². The molecule has 0 saturated carbocycles. The van der Waals surface area contributed by atoms with Crippen LogP contribution in [0.1, 0.15) is 5.56 Å². The topological polar surface area (TPSA) is 72.2 Å². The third kappa shape index (κ3) is 2.67. The van der Waals surface area contributed by atoms with Gasteiger partial charge >= 0.3 is 0 Å². The Balaban J connectivity index is 3.53. The van der Waals surface area contributed by atoms with E-state index in [1.807, 2.05) is 0 Å². The van der Waals surface area contributed by atoms with Crippen LogP contribution in [0.3, 0.4) is 0 Å². The van der Waals surface area contributed by atoms with Crippen molar-refractivity contribution in [3.05, 3.63) is 28.8 Å². The minimum atomic E-state index is -4.07. The van der Waals surface area contributed by atoms with Gasteiger partial charge in [0.25, 0.3) is 0 Å². The van der Waals surface area contributed by atoms with Crippen LogP contribution >= 0.6 is 0 Å². The summed E-state index contributed by atoms with van der Waals surface area (Å²) in [6.45, 7) is -0.759. The highest BCUT2D eigenvalue weighted by Gasteiger charge is 2.26. The Kier molecular flexibility index (Phi) is 3.62. The van der Waals surface area contributed by atoms with Gasteiger partial charge in [-0.05, 0) is 0 Å². The minimum absolute atomic E-state index is 0.582. The van der Waals surface area contributed by atoms with Gasteiger partial charge in [-0.25, -0.2) is 26.0 Å². The molecule has 4 nitrogen and oxygen atoms in total. The van der Waals surface area contributed by atoms with Crippen LogP contribution in [0.25, 0.3) is 0 Å². The lowest BCUT2D eigenvalue weighted by Gasteiger charge is -2.11. The maximum Gasteiger partial charge on any atom is 0.230 e. The van der Waals surface area contributed by atoms with E-state index in [2.05, 4.69) is 0 Å². The average Bonchev–Trinajstić information content (AvgIpc) is 2.21. The van der Waals surface area contributed by atoms with Gasteiger partial charge in [0.2, 0.25) is 10.0 Å². The van der Waals surface area contributed by atoms with Crippen LogP contribution in [-0.4, -0.2) is 14.7 Å². The van der Waals surface area contributed by atoms with Gasteiger partial charge in [-0.15, -0.1) is 0 Å². The first-order chi connectivity index (χ1) is 7.69. The molecule has 0 unspecified atom stereocenters. The normalized spacial score (nSPS) is 11.6. The van der Waals surface area contributed by atoms with E-state index in [1.165, 1.54) is 4.72 Å². The molecule has 0 aromatic heterocycles. The van der Waals surface area contributed by atoms with E-state index >= 15 is 0 Å². The van der Waals surface area contributed by atoms with Crippen molar-refractivity contribution < 1.29 is 26.0 Å². The molecule has 0 heterocycles. The lowest BCUT2D eigenvalue weighted by atomic mass is 10.1. The molecule has 1 aromatic carbocycles. The predicted molar refractivity (Wildman–Crippen MR) is 52.6 cm³/mol. The van der Waals surface area contributed by atoms with E-state index < -0.39 is 51.1 Å². The maximum absolute atomic E-state index is 13.3. The highest BCUT2D eigenvalue weighted by atomic mass is 32.2. The molecule has 0 fully saturated rings. The minimum Gasteiger partial charge on any atom is -0.326 e. The number of hydrogen-bond acceptors (Lipinski definition) is 3. The molecule has 0 amide bonds. The molecule has 0 atom stereocenters. The molecule has 0 aliphatic carbocycles. The fraction of sp³-hybridized carbons (Fsp3) is 0.250. The smallest absolute Gasteiger partial charge is 0.230 e. The molecule has 0 radical (unpaired) electrons. The number of benzene rings is 1. The van der Waals surface area contributed by atoms with Gasteiger partial charge in [0, 0.05) is 12.1 Å². The van der Waals surface area contributed by atoms with Crippen LogP contribution in [0.5, 0.6) is 0 Å². The molecule has 0 spiro atoms. The van der Waals surface area contributed by atoms with Crippen molar-refractivity contribution in [3.63, 3.8) is 0 Å². The van der Waals surface area contributed by atoms with Crippen LogP contribution in [0.15, 0.2) is 0 Å². The monoisotopic (exact) mass is 272 g/mol.